The molecule has 4 nitrogen and oxygen atoms in total. The first-order chi connectivity index (χ1) is 12.2. The van der Waals surface area contributed by atoms with E-state index in [-0.39, 0.29) is 11.2 Å². The molecule has 0 aliphatic carbocycles. The van der Waals surface area contributed by atoms with Crippen LogP contribution in [0.3, 0.4) is 0 Å². The highest BCUT2D eigenvalue weighted by Gasteiger charge is 2.37. The number of thioether (sulfide) groups is 1. The Kier molecular flexibility index (Phi) is 6.23. The standard InChI is InChI=1S/C18H16BrN3OS2/c1-2-9-22-17(23)16(11-13-5-7-14(19)8-6-13)25-18(22)21-20-12-15-4-3-10-24-15/h2-8,10,12,16H,1,9,11H2. The fraction of sp³-hybridized carbons (Fsp3) is 0.167. The van der Waals surface area contributed by atoms with Crippen LogP contribution < -0.4 is 0 Å². The summed E-state index contributed by atoms with van der Waals surface area (Å²) in [4.78, 5) is 15.4. The maximum atomic E-state index is 12.7. The Morgan fingerprint density at radius 2 is 2.08 bits per heavy atom. The summed E-state index contributed by atoms with van der Waals surface area (Å²) in [6.07, 6.45) is 4.08. The van der Waals surface area contributed by atoms with Crippen LogP contribution in [0.4, 0.5) is 0 Å². The number of hydrogen-bond donors (Lipinski definition) is 0. The zero-order valence-electron chi connectivity index (χ0n) is 13.3. The fourth-order valence-corrected chi connectivity index (χ4v) is 4.34. The minimum atomic E-state index is -0.184. The second kappa shape index (κ2) is 8.60. The Bertz CT molecular complexity index is 800. The van der Waals surface area contributed by atoms with Crippen LogP contribution in [0.25, 0.3) is 0 Å². The molecule has 1 saturated heterocycles. The molecule has 2 heterocycles. The van der Waals surface area contributed by atoms with Gasteiger partial charge in [-0.25, -0.2) is 0 Å². The van der Waals surface area contributed by atoms with Gasteiger partial charge in [-0.2, -0.15) is 5.10 Å². The average Bonchev–Trinajstić information content (AvgIpc) is 3.21. The summed E-state index contributed by atoms with van der Waals surface area (Å²) in [6, 6.07) is 12.0. The van der Waals surface area contributed by atoms with E-state index >= 15 is 0 Å². The van der Waals surface area contributed by atoms with Crippen LogP contribution in [0.5, 0.6) is 0 Å². The van der Waals surface area contributed by atoms with Crippen molar-refractivity contribution in [2.45, 2.75) is 11.7 Å². The van der Waals surface area contributed by atoms with Gasteiger partial charge in [0, 0.05) is 15.9 Å². The highest BCUT2D eigenvalue weighted by atomic mass is 79.9. The number of benzene rings is 1. The van der Waals surface area contributed by atoms with Gasteiger partial charge in [0.15, 0.2) is 5.17 Å². The molecule has 2 aromatic rings. The van der Waals surface area contributed by atoms with Crippen molar-refractivity contribution in [3.05, 3.63) is 69.3 Å². The molecule has 1 aliphatic heterocycles. The summed E-state index contributed by atoms with van der Waals surface area (Å²) in [5.74, 6) is 0.0536. The minimum Gasteiger partial charge on any atom is -0.285 e. The van der Waals surface area contributed by atoms with Crippen LogP contribution in [-0.2, 0) is 11.2 Å². The predicted octanol–water partition coefficient (Wildman–Crippen LogP) is 4.57. The molecule has 1 amide bonds. The lowest BCUT2D eigenvalue weighted by molar-refractivity contribution is -0.125. The molecule has 1 aromatic heterocycles. The Morgan fingerprint density at radius 3 is 2.76 bits per heavy atom. The summed E-state index contributed by atoms with van der Waals surface area (Å²) in [7, 11) is 0. The lowest BCUT2D eigenvalue weighted by Crippen LogP contribution is -2.32. The molecule has 0 saturated carbocycles. The topological polar surface area (TPSA) is 45.0 Å². The van der Waals surface area contributed by atoms with Crippen LogP contribution in [0.15, 0.2) is 69.1 Å². The van der Waals surface area contributed by atoms with E-state index in [4.69, 9.17) is 0 Å². The van der Waals surface area contributed by atoms with E-state index in [1.165, 1.54) is 11.8 Å². The summed E-state index contributed by atoms with van der Waals surface area (Å²) in [6.45, 7) is 4.17. The molecule has 3 rings (SSSR count). The molecule has 7 heteroatoms. The van der Waals surface area contributed by atoms with E-state index in [9.17, 15) is 4.79 Å². The second-order valence-corrected chi connectivity index (χ2v) is 8.38. The number of carbonyl (C=O) groups is 1. The Morgan fingerprint density at radius 1 is 1.28 bits per heavy atom. The maximum Gasteiger partial charge on any atom is 0.242 e. The van der Waals surface area contributed by atoms with Gasteiger partial charge >= 0.3 is 0 Å². The number of halogens is 1. The lowest BCUT2D eigenvalue weighted by atomic mass is 10.1. The lowest BCUT2D eigenvalue weighted by Gasteiger charge is -2.12. The molecule has 0 bridgehead atoms. The van der Waals surface area contributed by atoms with Gasteiger partial charge in [-0.05, 0) is 35.6 Å². The number of rotatable bonds is 6. The molecule has 25 heavy (non-hydrogen) atoms. The fourth-order valence-electron chi connectivity index (χ4n) is 2.35. The molecule has 1 aromatic carbocycles. The van der Waals surface area contributed by atoms with Gasteiger partial charge in [0.25, 0.3) is 0 Å². The van der Waals surface area contributed by atoms with Crippen molar-refractivity contribution in [3.63, 3.8) is 0 Å². The third-order valence-electron chi connectivity index (χ3n) is 3.54. The van der Waals surface area contributed by atoms with Crippen LogP contribution in [0.2, 0.25) is 0 Å². The normalized spacial score (nSPS) is 19.2. The van der Waals surface area contributed by atoms with Crippen molar-refractivity contribution in [3.8, 4) is 0 Å². The highest BCUT2D eigenvalue weighted by molar-refractivity contribution is 9.10. The van der Waals surface area contributed by atoms with Gasteiger partial charge in [0.1, 0.15) is 0 Å². The van der Waals surface area contributed by atoms with E-state index in [1.54, 1.807) is 28.5 Å². The van der Waals surface area contributed by atoms with Gasteiger partial charge in [-0.3, -0.25) is 9.69 Å². The molecule has 1 atom stereocenters. The molecular formula is C18H16BrN3OS2. The molecule has 128 valence electrons. The van der Waals surface area contributed by atoms with E-state index in [0.29, 0.717) is 18.1 Å². The quantitative estimate of drug-likeness (QED) is 0.380. The largest absolute Gasteiger partial charge is 0.285 e. The maximum absolute atomic E-state index is 12.7. The first-order valence-corrected chi connectivity index (χ1v) is 10.2. The Labute approximate surface area is 163 Å². The van der Waals surface area contributed by atoms with Gasteiger partial charge < -0.3 is 0 Å². The number of nitrogens with zero attached hydrogens (tertiary/aromatic N) is 3. The molecule has 0 radical (unpaired) electrons. The smallest absolute Gasteiger partial charge is 0.242 e. The van der Waals surface area contributed by atoms with Crippen molar-refractivity contribution in [2.24, 2.45) is 10.2 Å². The van der Waals surface area contributed by atoms with Gasteiger partial charge in [0.05, 0.1) is 11.5 Å². The van der Waals surface area contributed by atoms with Crippen molar-refractivity contribution < 1.29 is 4.79 Å². The first kappa shape index (κ1) is 18.1. The Balaban J connectivity index is 1.74. The zero-order chi connectivity index (χ0) is 17.6. The van der Waals surface area contributed by atoms with Crippen molar-refractivity contribution in [1.29, 1.82) is 0 Å². The van der Waals surface area contributed by atoms with Crippen LogP contribution in [-0.4, -0.2) is 34.0 Å². The monoisotopic (exact) mass is 433 g/mol. The third-order valence-corrected chi connectivity index (χ3v) is 6.04. The Hall–Kier alpha value is -1.70. The summed E-state index contributed by atoms with van der Waals surface area (Å²) in [5.41, 5.74) is 1.12. The van der Waals surface area contributed by atoms with Crippen LogP contribution in [0, 0.1) is 0 Å². The molecule has 1 aliphatic rings. The van der Waals surface area contributed by atoms with Gasteiger partial charge in [0.2, 0.25) is 5.91 Å². The second-order valence-electron chi connectivity index (χ2n) is 5.32. The molecular weight excluding hydrogens is 418 g/mol. The van der Waals surface area contributed by atoms with E-state index in [0.717, 1.165) is 14.9 Å². The summed E-state index contributed by atoms with van der Waals surface area (Å²) in [5, 5.41) is 10.8. The number of carbonyl (C=O) groups excluding carboxylic acids is 1. The minimum absolute atomic E-state index is 0.0536. The molecule has 1 fully saturated rings. The van der Waals surface area contributed by atoms with Gasteiger partial charge in [-0.15, -0.1) is 23.0 Å². The van der Waals surface area contributed by atoms with Crippen LogP contribution in [0.1, 0.15) is 10.4 Å². The predicted molar refractivity (Wildman–Crippen MR) is 110 cm³/mol. The third kappa shape index (κ3) is 4.68. The van der Waals surface area contributed by atoms with E-state index < -0.39 is 0 Å². The zero-order valence-corrected chi connectivity index (χ0v) is 16.6. The first-order valence-electron chi connectivity index (χ1n) is 7.65. The van der Waals surface area contributed by atoms with Crippen molar-refractivity contribution in [1.82, 2.24) is 4.90 Å². The molecule has 0 N–H and O–H groups in total. The highest BCUT2D eigenvalue weighted by Crippen LogP contribution is 2.30. The summed E-state index contributed by atoms with van der Waals surface area (Å²) < 4.78 is 1.03. The number of hydrogen-bond acceptors (Lipinski definition) is 5. The molecule has 0 spiro atoms. The molecule has 1 unspecified atom stereocenters. The summed E-state index contributed by atoms with van der Waals surface area (Å²) >= 11 is 6.48. The van der Waals surface area contributed by atoms with E-state index in [2.05, 4.69) is 32.7 Å². The van der Waals surface area contributed by atoms with Crippen LogP contribution >= 0.6 is 39.0 Å². The SMILES string of the molecule is C=CCN1C(=O)C(Cc2ccc(Br)cc2)SC1=NN=Cc1cccs1. The average molecular weight is 434 g/mol. The number of thiophene rings is 1. The van der Waals surface area contributed by atoms with Gasteiger partial charge in [-0.1, -0.05) is 52.0 Å². The van der Waals surface area contributed by atoms with Crippen molar-refractivity contribution >= 4 is 56.3 Å². The number of amidine groups is 1. The van der Waals surface area contributed by atoms with Crippen molar-refractivity contribution in [2.75, 3.05) is 6.54 Å². The van der Waals surface area contributed by atoms with E-state index in [1.807, 2.05) is 41.8 Å². The number of amides is 1.